The van der Waals surface area contributed by atoms with E-state index >= 15 is 0 Å². The van der Waals surface area contributed by atoms with Gasteiger partial charge in [0, 0.05) is 6.61 Å². The molecule has 8 heteroatoms. The van der Waals surface area contributed by atoms with Gasteiger partial charge in [0.2, 0.25) is 0 Å². The predicted octanol–water partition coefficient (Wildman–Crippen LogP) is -3.57. The van der Waals surface area contributed by atoms with E-state index in [2.05, 4.69) is 4.52 Å². The standard InChI is InChI=1S/C5H13O5PSi.Na.H/c6-11(7,8)10-5(12)3-1-2-4-9-5;;/h1-4H2,12H3,(H2,6,7,8);;/q;+1;-1. The summed E-state index contributed by atoms with van der Waals surface area (Å²) < 4.78 is 20.3. The summed E-state index contributed by atoms with van der Waals surface area (Å²) >= 11 is 0. The number of hydrogen-bond donors (Lipinski definition) is 2. The first kappa shape index (κ1) is 14.3. The Bertz CT molecular complexity index is 206. The number of ether oxygens (including phenoxy) is 1. The molecule has 1 aliphatic rings. The van der Waals surface area contributed by atoms with E-state index in [1.807, 2.05) is 0 Å². The van der Waals surface area contributed by atoms with Crippen molar-refractivity contribution in [3.63, 3.8) is 0 Å². The van der Waals surface area contributed by atoms with Crippen LogP contribution in [0.25, 0.3) is 0 Å². The van der Waals surface area contributed by atoms with E-state index in [0.29, 0.717) is 23.3 Å². The molecule has 1 heterocycles. The molecule has 2 N–H and O–H groups in total. The fourth-order valence-electron chi connectivity index (χ4n) is 1.23. The SMILES string of the molecule is O=P(O)(O)OC1([SiH3])CCCCO1.[H-].[Na+]. The van der Waals surface area contributed by atoms with Crippen molar-refractivity contribution >= 4 is 18.1 Å². The first-order valence-corrected chi connectivity index (χ1v) is 6.35. The minimum Gasteiger partial charge on any atom is -1.00 e. The first-order chi connectivity index (χ1) is 5.41. The van der Waals surface area contributed by atoms with E-state index in [-0.39, 0.29) is 31.0 Å². The second-order valence-electron chi connectivity index (χ2n) is 3.02. The number of rotatable bonds is 2. The summed E-state index contributed by atoms with van der Waals surface area (Å²) in [4.78, 5) is 17.1. The summed E-state index contributed by atoms with van der Waals surface area (Å²) in [5.41, 5.74) is -0.961. The van der Waals surface area contributed by atoms with Crippen molar-refractivity contribution in [2.24, 2.45) is 0 Å². The van der Waals surface area contributed by atoms with Crippen LogP contribution in [-0.2, 0) is 13.8 Å². The van der Waals surface area contributed by atoms with Crippen LogP contribution in [0.15, 0.2) is 0 Å². The molecule has 0 saturated carbocycles. The minimum absolute atomic E-state index is 0. The largest absolute Gasteiger partial charge is 1.00 e. The molecule has 0 aromatic carbocycles. The van der Waals surface area contributed by atoms with Gasteiger partial charge in [-0.05, 0) is 19.3 Å². The molecular formula is C5H14NaO5PSi. The van der Waals surface area contributed by atoms with Crippen molar-refractivity contribution in [2.45, 2.75) is 24.7 Å². The molecule has 1 aliphatic heterocycles. The van der Waals surface area contributed by atoms with Gasteiger partial charge in [-0.2, -0.15) is 0 Å². The van der Waals surface area contributed by atoms with Crippen LogP contribution in [0.2, 0.25) is 0 Å². The average Bonchev–Trinajstić information content (AvgIpc) is 1.83. The average molecular weight is 236 g/mol. The molecule has 0 amide bonds. The normalized spacial score (nSPS) is 29.7. The molecule has 0 bridgehead atoms. The fraction of sp³-hybridized carbons (Fsp3) is 1.00. The van der Waals surface area contributed by atoms with E-state index in [1.165, 1.54) is 0 Å². The van der Waals surface area contributed by atoms with Crippen LogP contribution < -0.4 is 29.6 Å². The zero-order valence-corrected chi connectivity index (χ0v) is 12.8. The van der Waals surface area contributed by atoms with E-state index in [9.17, 15) is 4.57 Å². The topological polar surface area (TPSA) is 76.0 Å². The van der Waals surface area contributed by atoms with Gasteiger partial charge >= 0.3 is 37.4 Å². The van der Waals surface area contributed by atoms with Crippen LogP contribution in [-0.4, -0.2) is 32.0 Å². The van der Waals surface area contributed by atoms with Crippen LogP contribution in [0.1, 0.15) is 20.7 Å². The summed E-state index contributed by atoms with van der Waals surface area (Å²) in [6, 6.07) is 0. The Hall–Kier alpha value is 1.29. The number of hydrogen-bond acceptors (Lipinski definition) is 3. The first-order valence-electron chi connectivity index (χ1n) is 3.82. The van der Waals surface area contributed by atoms with Gasteiger partial charge < -0.3 is 16.0 Å². The molecule has 1 fully saturated rings. The molecular weight excluding hydrogens is 222 g/mol. The zero-order chi connectivity index (χ0) is 9.24. The van der Waals surface area contributed by atoms with Gasteiger partial charge in [-0.15, -0.1) is 0 Å². The molecule has 13 heavy (non-hydrogen) atoms. The van der Waals surface area contributed by atoms with Gasteiger partial charge in [-0.25, -0.2) is 4.57 Å². The molecule has 0 aromatic rings. The molecule has 0 aliphatic carbocycles. The maximum Gasteiger partial charge on any atom is 1.00 e. The van der Waals surface area contributed by atoms with Crippen LogP contribution >= 0.6 is 7.82 Å². The van der Waals surface area contributed by atoms with E-state index < -0.39 is 13.2 Å². The molecule has 1 rings (SSSR count). The molecule has 0 spiro atoms. The van der Waals surface area contributed by atoms with Crippen molar-refractivity contribution in [2.75, 3.05) is 6.61 Å². The monoisotopic (exact) mass is 236 g/mol. The van der Waals surface area contributed by atoms with E-state index in [0.717, 1.165) is 12.8 Å². The van der Waals surface area contributed by atoms with Gasteiger partial charge in [0.15, 0.2) is 5.41 Å². The third-order valence-electron chi connectivity index (χ3n) is 1.74. The molecule has 0 radical (unpaired) electrons. The zero-order valence-electron chi connectivity index (χ0n) is 8.89. The molecule has 1 unspecified atom stereocenters. The summed E-state index contributed by atoms with van der Waals surface area (Å²) in [6.45, 7) is 0.531. The van der Waals surface area contributed by atoms with Crippen LogP contribution in [0, 0.1) is 0 Å². The van der Waals surface area contributed by atoms with Gasteiger partial charge in [0.25, 0.3) is 0 Å². The maximum absolute atomic E-state index is 10.5. The van der Waals surface area contributed by atoms with Crippen molar-refractivity contribution in [3.8, 4) is 0 Å². The van der Waals surface area contributed by atoms with Gasteiger partial charge in [-0.1, -0.05) is 0 Å². The Balaban J connectivity index is 0. The van der Waals surface area contributed by atoms with Gasteiger partial charge in [-0.3, -0.25) is 4.52 Å². The Morgan fingerprint density at radius 3 is 2.54 bits per heavy atom. The number of phosphoric ester groups is 1. The summed E-state index contributed by atoms with van der Waals surface area (Å²) in [6.07, 6.45) is 2.43. The van der Waals surface area contributed by atoms with E-state index in [1.54, 1.807) is 0 Å². The fourth-order valence-corrected chi connectivity index (χ4v) is 3.15. The summed E-state index contributed by atoms with van der Waals surface area (Å²) in [5, 5.41) is 0. The summed E-state index contributed by atoms with van der Waals surface area (Å²) in [7, 11) is -3.92. The van der Waals surface area contributed by atoms with Crippen LogP contribution in [0.4, 0.5) is 0 Å². The Labute approximate surface area is 104 Å². The molecule has 74 valence electrons. The number of phosphoric acid groups is 1. The van der Waals surface area contributed by atoms with Crippen molar-refractivity contribution in [3.05, 3.63) is 0 Å². The molecule has 1 saturated heterocycles. The summed E-state index contributed by atoms with van der Waals surface area (Å²) in [5.74, 6) is 0. The quantitative estimate of drug-likeness (QED) is 0.383. The van der Waals surface area contributed by atoms with Gasteiger partial charge in [0.1, 0.15) is 0 Å². The van der Waals surface area contributed by atoms with Crippen molar-refractivity contribution in [1.29, 1.82) is 0 Å². The Morgan fingerprint density at radius 2 is 2.15 bits per heavy atom. The Kier molecular flexibility index (Phi) is 5.93. The smallest absolute Gasteiger partial charge is 1.00 e. The molecule has 5 nitrogen and oxygen atoms in total. The predicted molar refractivity (Wildman–Crippen MR) is 46.7 cm³/mol. The molecule has 0 aromatic heterocycles. The van der Waals surface area contributed by atoms with Crippen LogP contribution in [0.5, 0.6) is 0 Å². The molecule has 1 atom stereocenters. The van der Waals surface area contributed by atoms with Crippen molar-refractivity contribution in [1.82, 2.24) is 0 Å². The Morgan fingerprint density at radius 1 is 1.54 bits per heavy atom. The maximum atomic E-state index is 10.5. The van der Waals surface area contributed by atoms with Crippen LogP contribution in [0.3, 0.4) is 0 Å². The van der Waals surface area contributed by atoms with E-state index in [4.69, 9.17) is 14.5 Å². The van der Waals surface area contributed by atoms with Crippen molar-refractivity contribution < 1.29 is 54.6 Å². The minimum atomic E-state index is -4.39. The third kappa shape index (κ3) is 5.66. The second-order valence-corrected chi connectivity index (χ2v) is 5.71. The third-order valence-corrected chi connectivity index (χ3v) is 3.71. The second kappa shape index (κ2) is 5.39. The van der Waals surface area contributed by atoms with Gasteiger partial charge in [0.05, 0.1) is 10.2 Å².